The molecule has 1 N–H and O–H groups in total. The van der Waals surface area contributed by atoms with Crippen LogP contribution in [0.25, 0.3) is 0 Å². The van der Waals surface area contributed by atoms with Crippen LogP contribution in [-0.2, 0) is 0 Å². The smallest absolute Gasteiger partial charge is 0.407 e. The van der Waals surface area contributed by atoms with E-state index in [2.05, 4.69) is 14.9 Å². The molecule has 18 heavy (non-hydrogen) atoms. The normalized spacial score (nSPS) is 26.5. The summed E-state index contributed by atoms with van der Waals surface area (Å²) in [5, 5.41) is 9.40. The molecule has 1 aromatic heterocycles. The number of hydrogen-bond acceptors (Lipinski definition) is 4. The number of amides is 1. The van der Waals surface area contributed by atoms with Crippen molar-refractivity contribution in [3.8, 4) is 0 Å². The highest BCUT2D eigenvalue weighted by Crippen LogP contribution is 2.32. The maximum absolute atomic E-state index is 11.2. The molecule has 0 aliphatic carbocycles. The van der Waals surface area contributed by atoms with Crippen LogP contribution in [0.2, 0.25) is 5.28 Å². The van der Waals surface area contributed by atoms with Gasteiger partial charge in [-0.2, -0.15) is 0 Å². The Bertz CT molecular complexity index is 470. The number of fused-ring (bicyclic) bond motifs is 2. The van der Waals surface area contributed by atoms with Crippen LogP contribution >= 0.6 is 11.6 Å². The van der Waals surface area contributed by atoms with E-state index in [0.717, 1.165) is 18.7 Å². The first kappa shape index (κ1) is 11.5. The fraction of sp³-hybridized carbons (Fsp3) is 0.545. The number of piperazine rings is 1. The Balaban J connectivity index is 1.82. The minimum atomic E-state index is -0.817. The van der Waals surface area contributed by atoms with Crippen LogP contribution in [0.3, 0.4) is 0 Å². The first-order chi connectivity index (χ1) is 8.65. The van der Waals surface area contributed by atoms with Gasteiger partial charge in [-0.3, -0.25) is 4.90 Å². The summed E-state index contributed by atoms with van der Waals surface area (Å²) in [5.41, 5.74) is 0. The third-order valence-corrected chi connectivity index (χ3v) is 3.82. The molecular weight excluding hydrogens is 256 g/mol. The Morgan fingerprint density at radius 3 is 2.61 bits per heavy atom. The van der Waals surface area contributed by atoms with Crippen molar-refractivity contribution in [3.63, 3.8) is 0 Å². The van der Waals surface area contributed by atoms with Crippen molar-refractivity contribution in [2.75, 3.05) is 18.0 Å². The highest BCUT2D eigenvalue weighted by Gasteiger charge is 2.42. The molecule has 2 fully saturated rings. The Kier molecular flexibility index (Phi) is 2.74. The maximum Gasteiger partial charge on any atom is 0.407 e. The SMILES string of the molecule is O=C(O)N1[C@@H]2CC[C@H]1CN(c1ccnc(Cl)n1)C2. The second-order valence-corrected chi connectivity index (χ2v) is 5.00. The van der Waals surface area contributed by atoms with E-state index in [-0.39, 0.29) is 17.4 Å². The molecule has 2 saturated heterocycles. The summed E-state index contributed by atoms with van der Waals surface area (Å²) in [6, 6.07) is 1.94. The zero-order valence-electron chi connectivity index (χ0n) is 9.66. The molecule has 96 valence electrons. The van der Waals surface area contributed by atoms with Gasteiger partial charge in [-0.25, -0.2) is 14.8 Å². The van der Waals surface area contributed by atoms with Crippen LogP contribution < -0.4 is 4.90 Å². The quantitative estimate of drug-likeness (QED) is 0.781. The van der Waals surface area contributed by atoms with Crippen LogP contribution in [0.5, 0.6) is 0 Å². The Morgan fingerprint density at radius 1 is 1.39 bits per heavy atom. The topological polar surface area (TPSA) is 69.6 Å². The van der Waals surface area contributed by atoms with Gasteiger partial charge in [0.25, 0.3) is 0 Å². The molecule has 1 aromatic rings. The van der Waals surface area contributed by atoms with Gasteiger partial charge in [0, 0.05) is 19.3 Å². The lowest BCUT2D eigenvalue weighted by atomic mass is 10.2. The minimum absolute atomic E-state index is 0.0648. The summed E-state index contributed by atoms with van der Waals surface area (Å²) in [7, 11) is 0. The number of carbonyl (C=O) groups is 1. The molecule has 1 amide bonds. The molecule has 0 spiro atoms. The van der Waals surface area contributed by atoms with Gasteiger partial charge in [0.1, 0.15) is 5.82 Å². The number of halogens is 1. The maximum atomic E-state index is 11.2. The van der Waals surface area contributed by atoms with E-state index in [4.69, 9.17) is 11.6 Å². The molecule has 0 radical (unpaired) electrons. The average Bonchev–Trinajstić information content (AvgIpc) is 2.61. The van der Waals surface area contributed by atoms with Gasteiger partial charge >= 0.3 is 6.09 Å². The molecule has 0 saturated carbocycles. The standard InChI is InChI=1S/C11H13ClN4O2/c12-10-13-4-3-9(14-10)15-5-7-1-2-8(6-15)16(7)11(17)18/h3-4,7-8H,1-2,5-6H2,(H,17,18)/t7-,8+. The lowest BCUT2D eigenvalue weighted by Crippen LogP contribution is -2.55. The van der Waals surface area contributed by atoms with Crippen LogP contribution in [0.4, 0.5) is 10.6 Å². The second kappa shape index (κ2) is 4.28. The third-order valence-electron chi connectivity index (χ3n) is 3.64. The van der Waals surface area contributed by atoms with Crippen molar-refractivity contribution in [3.05, 3.63) is 17.5 Å². The Labute approximate surface area is 109 Å². The summed E-state index contributed by atoms with van der Waals surface area (Å²) < 4.78 is 0. The summed E-state index contributed by atoms with van der Waals surface area (Å²) in [5.74, 6) is 0.775. The largest absolute Gasteiger partial charge is 0.465 e. The van der Waals surface area contributed by atoms with Crippen LogP contribution in [0, 0.1) is 0 Å². The number of rotatable bonds is 1. The monoisotopic (exact) mass is 268 g/mol. The predicted molar refractivity (Wildman–Crippen MR) is 65.9 cm³/mol. The summed E-state index contributed by atoms with van der Waals surface area (Å²) in [4.78, 5) is 22.9. The van der Waals surface area contributed by atoms with E-state index < -0.39 is 6.09 Å². The van der Waals surface area contributed by atoms with Crippen molar-refractivity contribution in [2.45, 2.75) is 24.9 Å². The highest BCUT2D eigenvalue weighted by atomic mass is 35.5. The third kappa shape index (κ3) is 1.86. The first-order valence-electron chi connectivity index (χ1n) is 5.90. The molecule has 2 atom stereocenters. The van der Waals surface area contributed by atoms with E-state index in [0.29, 0.717) is 13.1 Å². The molecular formula is C11H13ClN4O2. The summed E-state index contributed by atoms with van der Waals surface area (Å²) >= 11 is 5.78. The van der Waals surface area contributed by atoms with Crippen molar-refractivity contribution >= 4 is 23.5 Å². The van der Waals surface area contributed by atoms with E-state index >= 15 is 0 Å². The molecule has 3 heterocycles. The number of hydrogen-bond donors (Lipinski definition) is 1. The van der Waals surface area contributed by atoms with E-state index in [1.807, 2.05) is 6.07 Å². The zero-order valence-corrected chi connectivity index (χ0v) is 10.4. The molecule has 2 bridgehead atoms. The molecule has 6 nitrogen and oxygen atoms in total. The van der Waals surface area contributed by atoms with Gasteiger partial charge < -0.3 is 10.0 Å². The van der Waals surface area contributed by atoms with Gasteiger partial charge in [-0.05, 0) is 30.5 Å². The van der Waals surface area contributed by atoms with Gasteiger partial charge in [0.15, 0.2) is 0 Å². The first-order valence-corrected chi connectivity index (χ1v) is 6.27. The van der Waals surface area contributed by atoms with Gasteiger partial charge in [-0.15, -0.1) is 0 Å². The van der Waals surface area contributed by atoms with E-state index in [9.17, 15) is 9.90 Å². The van der Waals surface area contributed by atoms with E-state index in [1.165, 1.54) is 0 Å². The molecule has 0 aromatic carbocycles. The molecule has 0 unspecified atom stereocenters. The second-order valence-electron chi connectivity index (χ2n) is 4.66. The molecule has 2 aliphatic heterocycles. The fourth-order valence-electron chi connectivity index (χ4n) is 2.90. The van der Waals surface area contributed by atoms with Crippen molar-refractivity contribution in [1.82, 2.24) is 14.9 Å². The average molecular weight is 269 g/mol. The number of aromatic nitrogens is 2. The highest BCUT2D eigenvalue weighted by molar-refractivity contribution is 6.28. The molecule has 3 rings (SSSR count). The number of anilines is 1. The molecule has 2 aliphatic rings. The van der Waals surface area contributed by atoms with Crippen LogP contribution in [0.15, 0.2) is 12.3 Å². The van der Waals surface area contributed by atoms with Gasteiger partial charge in [0.2, 0.25) is 5.28 Å². The summed E-state index contributed by atoms with van der Waals surface area (Å²) in [6.45, 7) is 1.35. The van der Waals surface area contributed by atoms with Gasteiger partial charge in [-0.1, -0.05) is 0 Å². The Morgan fingerprint density at radius 2 is 2.06 bits per heavy atom. The van der Waals surface area contributed by atoms with Crippen molar-refractivity contribution in [1.29, 1.82) is 0 Å². The van der Waals surface area contributed by atoms with Crippen LogP contribution in [-0.4, -0.2) is 51.2 Å². The fourth-order valence-corrected chi connectivity index (χ4v) is 3.05. The summed E-state index contributed by atoms with van der Waals surface area (Å²) in [6.07, 6.45) is 2.65. The lowest BCUT2D eigenvalue weighted by Gasteiger charge is -2.39. The van der Waals surface area contributed by atoms with Crippen molar-refractivity contribution < 1.29 is 9.90 Å². The lowest BCUT2D eigenvalue weighted by molar-refractivity contribution is 0.114. The van der Waals surface area contributed by atoms with Gasteiger partial charge in [0.05, 0.1) is 12.1 Å². The molecule has 7 heteroatoms. The van der Waals surface area contributed by atoms with Crippen LogP contribution in [0.1, 0.15) is 12.8 Å². The minimum Gasteiger partial charge on any atom is -0.465 e. The number of carboxylic acid groups (broad SMARTS) is 1. The predicted octanol–water partition coefficient (Wildman–Crippen LogP) is 1.46. The number of nitrogens with zero attached hydrogens (tertiary/aromatic N) is 4. The van der Waals surface area contributed by atoms with Crippen molar-refractivity contribution in [2.24, 2.45) is 0 Å². The Hall–Kier alpha value is -1.56. The van der Waals surface area contributed by atoms with E-state index in [1.54, 1.807) is 11.1 Å². The zero-order chi connectivity index (χ0) is 12.7.